The third-order valence-electron chi connectivity index (χ3n) is 6.19. The van der Waals surface area contributed by atoms with Crippen LogP contribution in [0.2, 0.25) is 0 Å². The van der Waals surface area contributed by atoms with Crippen molar-refractivity contribution >= 4 is 0 Å². The molecule has 0 amide bonds. The maximum Gasteiger partial charge on any atom is 0.0671 e. The Balaban J connectivity index is 1.73. The second kappa shape index (κ2) is 3.08. The fraction of sp³-hybridized carbons (Fsp3) is 0.529. The lowest BCUT2D eigenvalue weighted by Crippen LogP contribution is -2.40. The second-order valence-corrected chi connectivity index (χ2v) is 6.60. The molecule has 1 heteroatoms. The topological polar surface area (TPSA) is 20.2 Å². The Kier molecular flexibility index (Phi) is 1.68. The first-order chi connectivity index (χ1) is 8.86. The van der Waals surface area contributed by atoms with Crippen LogP contribution in [0.3, 0.4) is 0 Å². The molecule has 0 saturated heterocycles. The van der Waals surface area contributed by atoms with Crippen molar-refractivity contribution in [2.75, 3.05) is 0 Å². The van der Waals surface area contributed by atoms with Gasteiger partial charge in [0.25, 0.3) is 0 Å². The summed E-state index contributed by atoms with van der Waals surface area (Å²) in [6.45, 7) is 0. The van der Waals surface area contributed by atoms with Gasteiger partial charge in [0.05, 0.1) is 6.10 Å². The first kappa shape index (κ1) is 9.80. The van der Waals surface area contributed by atoms with E-state index in [-0.39, 0.29) is 6.10 Å². The monoisotopic (exact) mass is 238 g/mol. The first-order valence-electron chi connectivity index (χ1n) is 7.31. The van der Waals surface area contributed by atoms with Gasteiger partial charge in [-0.05, 0) is 47.6 Å². The molecule has 0 aliphatic heterocycles. The summed E-state index contributed by atoms with van der Waals surface area (Å²) < 4.78 is 0. The van der Waals surface area contributed by atoms with Gasteiger partial charge in [-0.15, -0.1) is 0 Å². The van der Waals surface area contributed by atoms with Gasteiger partial charge in [-0.25, -0.2) is 0 Å². The highest BCUT2D eigenvalue weighted by atomic mass is 16.3. The van der Waals surface area contributed by atoms with Crippen LogP contribution in [-0.4, -0.2) is 11.2 Å². The Morgan fingerprint density at radius 3 is 1.83 bits per heavy atom. The van der Waals surface area contributed by atoms with E-state index in [0.29, 0.717) is 23.7 Å². The molecule has 0 aromatic heterocycles. The summed E-state index contributed by atoms with van der Waals surface area (Å²) in [7, 11) is 0. The Bertz CT molecular complexity index is 499. The summed E-state index contributed by atoms with van der Waals surface area (Å²) in [5.74, 6) is 3.77. The van der Waals surface area contributed by atoms with E-state index in [0.717, 1.165) is 11.8 Å². The molecule has 2 fully saturated rings. The van der Waals surface area contributed by atoms with Crippen molar-refractivity contribution in [2.24, 2.45) is 23.7 Å². The van der Waals surface area contributed by atoms with Crippen LogP contribution in [0.1, 0.15) is 35.8 Å². The summed E-state index contributed by atoms with van der Waals surface area (Å²) in [6.07, 6.45) is 7.20. The third kappa shape index (κ3) is 0.925. The zero-order valence-electron chi connectivity index (χ0n) is 10.4. The molecule has 1 N–H and O–H groups in total. The van der Waals surface area contributed by atoms with Crippen molar-refractivity contribution in [3.05, 3.63) is 47.5 Å². The maximum absolute atomic E-state index is 10.4. The average Bonchev–Trinajstić information content (AvgIpc) is 2.94. The lowest BCUT2D eigenvalue weighted by atomic mass is 9.54. The Hall–Kier alpha value is -1.08. The van der Waals surface area contributed by atoms with Crippen molar-refractivity contribution in [3.63, 3.8) is 0 Å². The molecule has 5 aliphatic carbocycles. The van der Waals surface area contributed by atoms with Crippen LogP contribution in [-0.2, 0) is 0 Å². The molecule has 2 saturated carbocycles. The van der Waals surface area contributed by atoms with Crippen LogP contribution < -0.4 is 0 Å². The minimum atomic E-state index is -0.0857. The number of hydrogen-bond donors (Lipinski definition) is 1. The molecule has 1 aromatic carbocycles. The number of hydrogen-bond acceptors (Lipinski definition) is 1. The number of benzene rings is 1. The van der Waals surface area contributed by atoms with E-state index in [1.165, 1.54) is 12.8 Å². The number of aliphatic hydroxyl groups excluding tert-OH is 1. The minimum absolute atomic E-state index is 0.0857. The molecule has 0 spiro atoms. The molecule has 0 radical (unpaired) electrons. The molecular formula is C17H18O. The predicted molar refractivity (Wildman–Crippen MR) is 70.3 cm³/mol. The summed E-state index contributed by atoms with van der Waals surface area (Å²) >= 11 is 0. The van der Waals surface area contributed by atoms with Crippen molar-refractivity contribution < 1.29 is 5.11 Å². The Morgan fingerprint density at radius 1 is 0.833 bits per heavy atom. The van der Waals surface area contributed by atoms with Crippen molar-refractivity contribution in [1.82, 2.24) is 0 Å². The number of aliphatic hydroxyl groups is 1. The van der Waals surface area contributed by atoms with E-state index in [2.05, 4.69) is 36.4 Å². The van der Waals surface area contributed by atoms with E-state index in [1.54, 1.807) is 11.1 Å². The minimum Gasteiger partial charge on any atom is -0.392 e. The molecule has 18 heavy (non-hydrogen) atoms. The van der Waals surface area contributed by atoms with Crippen molar-refractivity contribution in [1.29, 1.82) is 0 Å². The molecule has 6 atom stereocenters. The van der Waals surface area contributed by atoms with Crippen molar-refractivity contribution in [2.45, 2.75) is 30.8 Å². The standard InChI is InChI=1S/C17H18O/c18-17-13-7-8-14(17)16-12-6-5-11(15(13)16)9-3-1-2-4-10(9)12/h1-4,7-8,11-18H,5-6H2/t11-,12-,13+,14+,15+,16+/m1/s1. The molecule has 5 aliphatic rings. The quantitative estimate of drug-likeness (QED) is 0.689. The molecule has 4 bridgehead atoms. The van der Waals surface area contributed by atoms with E-state index >= 15 is 0 Å². The molecule has 92 valence electrons. The fourth-order valence-electron chi connectivity index (χ4n) is 5.69. The molecule has 6 rings (SSSR count). The first-order valence-corrected chi connectivity index (χ1v) is 7.31. The van der Waals surface area contributed by atoms with Gasteiger partial charge in [0, 0.05) is 11.8 Å². The number of rotatable bonds is 0. The predicted octanol–water partition coefficient (Wildman–Crippen LogP) is 3.07. The van der Waals surface area contributed by atoms with Gasteiger partial charge in [0.2, 0.25) is 0 Å². The Morgan fingerprint density at radius 2 is 1.33 bits per heavy atom. The fourth-order valence-corrected chi connectivity index (χ4v) is 5.69. The zero-order valence-corrected chi connectivity index (χ0v) is 10.4. The van der Waals surface area contributed by atoms with Crippen LogP contribution in [0, 0.1) is 23.7 Å². The van der Waals surface area contributed by atoms with E-state index in [9.17, 15) is 5.11 Å². The van der Waals surface area contributed by atoms with Crippen LogP contribution in [0.5, 0.6) is 0 Å². The van der Waals surface area contributed by atoms with Crippen LogP contribution in [0.4, 0.5) is 0 Å². The van der Waals surface area contributed by atoms with Gasteiger partial charge in [-0.1, -0.05) is 36.4 Å². The second-order valence-electron chi connectivity index (χ2n) is 6.60. The smallest absolute Gasteiger partial charge is 0.0671 e. The van der Waals surface area contributed by atoms with Gasteiger partial charge in [0.15, 0.2) is 0 Å². The largest absolute Gasteiger partial charge is 0.392 e. The zero-order chi connectivity index (χ0) is 11.9. The van der Waals surface area contributed by atoms with Crippen LogP contribution in [0.15, 0.2) is 36.4 Å². The number of fused-ring (bicyclic) bond motifs is 3. The average molecular weight is 238 g/mol. The molecule has 1 aromatic rings. The maximum atomic E-state index is 10.4. The normalized spacial score (nSPS) is 50.4. The lowest BCUT2D eigenvalue weighted by Gasteiger charge is -2.50. The highest BCUT2D eigenvalue weighted by Crippen LogP contribution is 2.66. The summed E-state index contributed by atoms with van der Waals surface area (Å²) in [5, 5.41) is 10.4. The van der Waals surface area contributed by atoms with Gasteiger partial charge >= 0.3 is 0 Å². The Labute approximate surface area is 108 Å². The van der Waals surface area contributed by atoms with E-state index < -0.39 is 0 Å². The van der Waals surface area contributed by atoms with E-state index in [4.69, 9.17) is 0 Å². The van der Waals surface area contributed by atoms with Gasteiger partial charge in [0.1, 0.15) is 0 Å². The highest BCUT2D eigenvalue weighted by Gasteiger charge is 2.60. The molecule has 0 heterocycles. The summed E-state index contributed by atoms with van der Waals surface area (Å²) in [6, 6.07) is 9.05. The summed E-state index contributed by atoms with van der Waals surface area (Å²) in [4.78, 5) is 0. The van der Waals surface area contributed by atoms with Gasteiger partial charge < -0.3 is 5.11 Å². The third-order valence-corrected chi connectivity index (χ3v) is 6.19. The van der Waals surface area contributed by atoms with E-state index in [1.807, 2.05) is 0 Å². The van der Waals surface area contributed by atoms with Gasteiger partial charge in [-0.3, -0.25) is 0 Å². The van der Waals surface area contributed by atoms with Crippen molar-refractivity contribution in [3.8, 4) is 0 Å². The molecular weight excluding hydrogens is 220 g/mol. The molecule has 0 unspecified atom stereocenters. The van der Waals surface area contributed by atoms with Crippen LogP contribution >= 0.6 is 0 Å². The highest BCUT2D eigenvalue weighted by molar-refractivity contribution is 5.43. The van der Waals surface area contributed by atoms with Crippen LogP contribution in [0.25, 0.3) is 0 Å². The molecule has 1 nitrogen and oxygen atoms in total. The lowest BCUT2D eigenvalue weighted by molar-refractivity contribution is 0.126. The summed E-state index contributed by atoms with van der Waals surface area (Å²) in [5.41, 5.74) is 3.20. The van der Waals surface area contributed by atoms with Gasteiger partial charge in [-0.2, -0.15) is 0 Å². The SMILES string of the molecule is OC1[C@H]2C=C[C@H]1[C@H]1[C@H]2[C@@H]2CC[C@@H]1c1ccccc12.